The highest BCUT2D eigenvalue weighted by Crippen LogP contribution is 2.36. The number of ketones is 1. The van der Waals surface area contributed by atoms with Gasteiger partial charge in [0.05, 0.1) is 6.61 Å². The fraction of sp³-hybridized carbons (Fsp3) is 0.833. The lowest BCUT2D eigenvalue weighted by Gasteiger charge is -2.22. The second kappa shape index (κ2) is 7.69. The average molecular weight is 341 g/mol. The number of aliphatic hydroxyl groups excluding tert-OH is 3. The summed E-state index contributed by atoms with van der Waals surface area (Å²) in [6.45, 7) is -2.33. The van der Waals surface area contributed by atoms with Crippen molar-refractivity contribution < 1.29 is 57.9 Å². The van der Waals surface area contributed by atoms with E-state index in [1.807, 2.05) is 0 Å². The van der Waals surface area contributed by atoms with Crippen LogP contribution in [0.1, 0.15) is 0 Å². The smallest absolute Gasteiger partial charge is 0.388 e. The van der Waals surface area contributed by atoms with Gasteiger partial charge in [0.1, 0.15) is 24.9 Å². The first kappa shape index (κ1) is 19.8. The molecular weight excluding hydrogens is 327 g/mol. The molecule has 0 amide bonds. The number of phosphoric ester groups is 2. The molecule has 12 nitrogen and oxygen atoms in total. The van der Waals surface area contributed by atoms with Crippen LogP contribution in [0.25, 0.3) is 0 Å². The van der Waals surface area contributed by atoms with Crippen LogP contribution in [-0.2, 0) is 23.0 Å². The van der Waals surface area contributed by atoms with Crippen molar-refractivity contribution in [3.8, 4) is 0 Å². The van der Waals surface area contributed by atoms with Gasteiger partial charge in [0.25, 0.3) is 0 Å². The molecule has 0 spiro atoms. The van der Waals surface area contributed by atoms with Crippen molar-refractivity contribution in [3.05, 3.63) is 0 Å². The predicted octanol–water partition coefficient (Wildman–Crippen LogP) is -3.14. The lowest BCUT2D eigenvalue weighted by molar-refractivity contribution is -0.142. The van der Waals surface area contributed by atoms with Gasteiger partial charge in [-0.3, -0.25) is 13.8 Å². The number of rotatable bonds is 9. The average Bonchev–Trinajstić information content (AvgIpc) is 2.29. The van der Waals surface area contributed by atoms with Crippen LogP contribution in [0.3, 0.4) is 0 Å². The summed E-state index contributed by atoms with van der Waals surface area (Å²) >= 11 is 0. The molecule has 0 bridgehead atoms. The number of phosphoric acid groups is 2. The third kappa shape index (κ3) is 8.84. The summed E-state index contributed by atoms with van der Waals surface area (Å²) < 4.78 is 28.2. The summed E-state index contributed by atoms with van der Waals surface area (Å²) in [5.74, 6) is -1.36. The van der Waals surface area contributed by atoms with Gasteiger partial charge in [-0.05, 0) is 0 Å². The Morgan fingerprint density at radius 1 is 0.950 bits per heavy atom. The normalized spacial score (nSPS) is 17.6. The molecule has 7 N–H and O–H groups in total. The van der Waals surface area contributed by atoms with E-state index in [1.165, 1.54) is 0 Å². The molecule has 0 fully saturated rings. The van der Waals surface area contributed by atoms with Crippen molar-refractivity contribution in [2.24, 2.45) is 0 Å². The molecule has 0 aromatic rings. The van der Waals surface area contributed by atoms with E-state index in [2.05, 4.69) is 9.05 Å². The Morgan fingerprint density at radius 3 is 1.80 bits per heavy atom. The fourth-order valence-corrected chi connectivity index (χ4v) is 1.55. The van der Waals surface area contributed by atoms with Gasteiger partial charge in [-0.1, -0.05) is 0 Å². The van der Waals surface area contributed by atoms with Crippen molar-refractivity contribution in [2.75, 3.05) is 13.2 Å². The van der Waals surface area contributed by atoms with Crippen LogP contribution in [0.4, 0.5) is 0 Å². The molecule has 3 atom stereocenters. The highest BCUT2D eigenvalue weighted by Gasteiger charge is 2.32. The number of aliphatic hydroxyl groups is 3. The van der Waals surface area contributed by atoms with E-state index in [4.69, 9.17) is 19.6 Å². The number of hydrogen-bond donors (Lipinski definition) is 7. The SMILES string of the molecule is O=[13C](COP(=O)(O)O)[C@@H](O)[C@H](O)[C@H](O)COP(=O)(O)O. The molecule has 0 aromatic carbocycles. The maximum atomic E-state index is 11.2. The molecule has 0 saturated heterocycles. The molecule has 0 saturated carbocycles. The highest BCUT2D eigenvalue weighted by atomic mass is 31.2. The number of Topliss-reactive ketones (excluding diaryl/α,β-unsaturated/α-hetero) is 1. The van der Waals surface area contributed by atoms with Crippen LogP contribution in [0.15, 0.2) is 0 Å². The van der Waals surface area contributed by atoms with Crippen LogP contribution >= 0.6 is 15.6 Å². The maximum Gasteiger partial charge on any atom is 0.470 e. The molecule has 0 aliphatic carbocycles. The van der Waals surface area contributed by atoms with Gasteiger partial charge < -0.3 is 34.9 Å². The monoisotopic (exact) mass is 341 g/mol. The van der Waals surface area contributed by atoms with E-state index in [0.29, 0.717) is 0 Å². The second-order valence-corrected chi connectivity index (χ2v) is 6.00. The Bertz CT molecular complexity index is 410. The van der Waals surface area contributed by atoms with Crippen molar-refractivity contribution in [2.45, 2.75) is 18.3 Å². The zero-order valence-corrected chi connectivity index (χ0v) is 11.5. The van der Waals surface area contributed by atoms with E-state index in [0.717, 1.165) is 0 Å². The van der Waals surface area contributed by atoms with E-state index in [-0.39, 0.29) is 0 Å². The predicted molar refractivity (Wildman–Crippen MR) is 59.0 cm³/mol. The molecule has 0 radical (unpaired) electrons. The van der Waals surface area contributed by atoms with Crippen molar-refractivity contribution in [1.29, 1.82) is 0 Å². The fourth-order valence-electron chi connectivity index (χ4n) is 0.906. The van der Waals surface area contributed by atoms with Gasteiger partial charge in [0.15, 0.2) is 5.78 Å². The summed E-state index contributed by atoms with van der Waals surface area (Å²) in [5, 5.41) is 27.7. The van der Waals surface area contributed by atoms with Crippen molar-refractivity contribution in [1.82, 2.24) is 0 Å². The summed E-state index contributed by atoms with van der Waals surface area (Å²) in [5.41, 5.74) is 0. The van der Waals surface area contributed by atoms with Crippen LogP contribution in [0, 0.1) is 0 Å². The Balaban J connectivity index is 4.38. The Kier molecular flexibility index (Phi) is 7.60. The maximum absolute atomic E-state index is 11.2. The lowest BCUT2D eigenvalue weighted by Crippen LogP contribution is -2.45. The first-order valence-electron chi connectivity index (χ1n) is 4.80. The molecule has 14 heteroatoms. The minimum atomic E-state index is -4.95. The van der Waals surface area contributed by atoms with Gasteiger partial charge in [0, 0.05) is 0 Å². The topological polar surface area (TPSA) is 211 Å². The third-order valence-electron chi connectivity index (χ3n) is 1.84. The second-order valence-electron chi connectivity index (χ2n) is 3.52. The minimum Gasteiger partial charge on any atom is -0.388 e. The Hall–Kier alpha value is -0.230. The molecule has 0 unspecified atom stereocenters. The largest absolute Gasteiger partial charge is 0.470 e. The zero-order valence-electron chi connectivity index (χ0n) is 9.71. The first-order valence-corrected chi connectivity index (χ1v) is 7.86. The zero-order chi connectivity index (χ0) is 16.1. The van der Waals surface area contributed by atoms with Crippen LogP contribution in [0.2, 0.25) is 0 Å². The lowest BCUT2D eigenvalue weighted by atomic mass is 10.1. The van der Waals surface area contributed by atoms with Gasteiger partial charge in [-0.2, -0.15) is 0 Å². The molecular formula is C6H14O12P2. The van der Waals surface area contributed by atoms with E-state index in [9.17, 15) is 29.2 Å². The summed E-state index contributed by atoms with van der Waals surface area (Å²) in [7, 11) is -9.87. The molecule has 20 heavy (non-hydrogen) atoms. The standard InChI is InChI=1S/C6H14O12P2/c7-3(1-17-19(11,12)13)5(9)6(10)4(8)2-18-20(14,15)16/h3,5-7,9-10H,1-2H2,(H2,11,12,13)(H2,14,15,16)/t3-,5-,6-/m1/s1/i4+1. The molecule has 0 rings (SSSR count). The number of hydrogen-bond acceptors (Lipinski definition) is 8. The Morgan fingerprint density at radius 2 is 1.40 bits per heavy atom. The van der Waals surface area contributed by atoms with Crippen LogP contribution in [-0.4, -0.2) is 72.2 Å². The quantitative estimate of drug-likeness (QED) is 0.164. The van der Waals surface area contributed by atoms with Crippen molar-refractivity contribution >= 4 is 21.4 Å². The Labute approximate surface area is 112 Å². The first-order chi connectivity index (χ1) is 8.83. The van der Waals surface area contributed by atoms with Crippen LogP contribution < -0.4 is 0 Å². The van der Waals surface area contributed by atoms with Gasteiger partial charge in [-0.15, -0.1) is 0 Å². The molecule has 0 aliphatic rings. The molecule has 120 valence electrons. The van der Waals surface area contributed by atoms with E-state index in [1.54, 1.807) is 0 Å². The summed E-state index contributed by atoms with van der Waals surface area (Å²) in [4.78, 5) is 44.4. The molecule has 0 heterocycles. The molecule has 0 aliphatic heterocycles. The van der Waals surface area contributed by atoms with Gasteiger partial charge in [0.2, 0.25) is 0 Å². The van der Waals surface area contributed by atoms with Gasteiger partial charge in [-0.25, -0.2) is 9.13 Å². The van der Waals surface area contributed by atoms with Crippen LogP contribution in [0.5, 0.6) is 0 Å². The summed E-state index contributed by atoms with van der Waals surface area (Å²) in [6.07, 6.45) is -6.53. The van der Waals surface area contributed by atoms with Gasteiger partial charge >= 0.3 is 15.6 Å². The van der Waals surface area contributed by atoms with E-state index < -0.39 is 53.0 Å². The third-order valence-corrected chi connectivity index (χ3v) is 2.79. The number of carbonyl (C=O) groups is 1. The number of carbonyl (C=O) groups excluding carboxylic acids is 1. The highest BCUT2D eigenvalue weighted by molar-refractivity contribution is 7.46. The van der Waals surface area contributed by atoms with E-state index >= 15 is 0 Å². The minimum absolute atomic E-state index is 1.09. The summed E-state index contributed by atoms with van der Waals surface area (Å²) in [6, 6.07) is 0. The van der Waals surface area contributed by atoms with Crippen molar-refractivity contribution in [3.63, 3.8) is 0 Å². The molecule has 0 aromatic heterocycles.